The average molecular weight is 203 g/mol. The SMILES string of the molecule is C[C@](O)(C(=O)[O-])[C@H](CC(=O)[O-])C(=O)[O-]. The van der Waals surface area contributed by atoms with Gasteiger partial charge >= 0.3 is 0 Å². The first kappa shape index (κ1) is 12.4. The predicted octanol–water partition coefficient (Wildman–Crippen LogP) is -5.01. The zero-order valence-electron chi connectivity index (χ0n) is 7.18. The quantitative estimate of drug-likeness (QED) is 0.471. The van der Waals surface area contributed by atoms with Crippen molar-refractivity contribution in [2.24, 2.45) is 5.92 Å². The maximum absolute atomic E-state index is 10.3. The normalized spacial score (nSPS) is 16.7. The molecule has 7 nitrogen and oxygen atoms in total. The third kappa shape index (κ3) is 2.70. The first-order chi connectivity index (χ1) is 6.19. The summed E-state index contributed by atoms with van der Waals surface area (Å²) in [6.45, 7) is 0.617. The summed E-state index contributed by atoms with van der Waals surface area (Å²) in [6, 6.07) is 0. The molecule has 1 N–H and O–H groups in total. The highest BCUT2D eigenvalue weighted by molar-refractivity contribution is 5.85. The van der Waals surface area contributed by atoms with Crippen molar-refractivity contribution in [2.45, 2.75) is 18.9 Å². The fraction of sp³-hybridized carbons (Fsp3) is 0.571. The van der Waals surface area contributed by atoms with E-state index in [1.54, 1.807) is 0 Å². The van der Waals surface area contributed by atoms with Gasteiger partial charge in [-0.2, -0.15) is 0 Å². The molecule has 14 heavy (non-hydrogen) atoms. The number of carboxylic acids is 3. The third-order valence-corrected chi connectivity index (χ3v) is 1.75. The van der Waals surface area contributed by atoms with Crippen LogP contribution in [0.1, 0.15) is 13.3 Å². The summed E-state index contributed by atoms with van der Waals surface area (Å²) in [5.74, 6) is -8.01. The molecule has 0 radical (unpaired) electrons. The molecule has 7 heteroatoms. The van der Waals surface area contributed by atoms with E-state index in [4.69, 9.17) is 5.11 Å². The fourth-order valence-corrected chi connectivity index (χ4v) is 0.820. The Morgan fingerprint density at radius 2 is 1.71 bits per heavy atom. The first-order valence-electron chi connectivity index (χ1n) is 3.54. The molecule has 0 heterocycles. The summed E-state index contributed by atoms with van der Waals surface area (Å²) < 4.78 is 0. The lowest BCUT2D eigenvalue weighted by Gasteiger charge is -2.34. The van der Waals surface area contributed by atoms with Crippen LogP contribution in [0.25, 0.3) is 0 Å². The van der Waals surface area contributed by atoms with Crippen LogP contribution in [0.15, 0.2) is 0 Å². The van der Waals surface area contributed by atoms with E-state index in [0.717, 1.165) is 0 Å². The second-order valence-electron chi connectivity index (χ2n) is 2.88. The lowest BCUT2D eigenvalue weighted by atomic mass is 9.86. The Hall–Kier alpha value is -1.63. The topological polar surface area (TPSA) is 141 Å². The Morgan fingerprint density at radius 3 is 1.93 bits per heavy atom. The Balaban J connectivity index is 4.91. The van der Waals surface area contributed by atoms with Gasteiger partial charge in [-0.15, -0.1) is 0 Å². The zero-order valence-corrected chi connectivity index (χ0v) is 7.18. The molecule has 0 aromatic heterocycles. The summed E-state index contributed by atoms with van der Waals surface area (Å²) in [4.78, 5) is 30.7. The van der Waals surface area contributed by atoms with Crippen LogP contribution in [0.2, 0.25) is 0 Å². The molecule has 0 aliphatic carbocycles. The van der Waals surface area contributed by atoms with E-state index in [-0.39, 0.29) is 0 Å². The number of carbonyl (C=O) groups is 3. The molecule has 80 valence electrons. The average Bonchev–Trinajstić information content (AvgIpc) is 1.98. The van der Waals surface area contributed by atoms with Crippen LogP contribution >= 0.6 is 0 Å². The Bertz CT molecular complexity index is 267. The molecule has 0 amide bonds. The molecule has 2 atom stereocenters. The van der Waals surface area contributed by atoms with Crippen molar-refractivity contribution >= 4 is 17.9 Å². The van der Waals surface area contributed by atoms with Gasteiger partial charge in [-0.25, -0.2) is 0 Å². The van der Waals surface area contributed by atoms with Gasteiger partial charge in [0.2, 0.25) is 0 Å². The highest BCUT2D eigenvalue weighted by Crippen LogP contribution is 2.19. The maximum atomic E-state index is 10.3. The van der Waals surface area contributed by atoms with Crippen molar-refractivity contribution in [3.05, 3.63) is 0 Å². The van der Waals surface area contributed by atoms with E-state index in [1.807, 2.05) is 0 Å². The van der Waals surface area contributed by atoms with Crippen molar-refractivity contribution in [2.75, 3.05) is 0 Å². The number of carboxylic acid groups (broad SMARTS) is 3. The number of hydrogen-bond donors (Lipinski definition) is 1. The van der Waals surface area contributed by atoms with Gasteiger partial charge in [0, 0.05) is 17.9 Å². The molecule has 0 unspecified atom stereocenters. The smallest absolute Gasteiger partial charge is 0.109 e. The molecule has 0 saturated heterocycles. The third-order valence-electron chi connectivity index (χ3n) is 1.75. The van der Waals surface area contributed by atoms with Crippen LogP contribution in [0, 0.1) is 5.92 Å². The lowest BCUT2D eigenvalue weighted by Crippen LogP contribution is -2.57. The van der Waals surface area contributed by atoms with E-state index in [9.17, 15) is 29.7 Å². The molecule has 0 aliphatic rings. The van der Waals surface area contributed by atoms with E-state index in [1.165, 1.54) is 0 Å². The maximum Gasteiger partial charge on any atom is 0.109 e. The van der Waals surface area contributed by atoms with Crippen molar-refractivity contribution in [1.82, 2.24) is 0 Å². The number of hydrogen-bond acceptors (Lipinski definition) is 7. The number of aliphatic hydroxyl groups is 1. The molecule has 0 rings (SSSR count). The van der Waals surface area contributed by atoms with Crippen LogP contribution in [-0.4, -0.2) is 28.6 Å². The van der Waals surface area contributed by atoms with Gasteiger partial charge in [-0.05, 0) is 13.3 Å². The van der Waals surface area contributed by atoms with Gasteiger partial charge in [-0.1, -0.05) is 0 Å². The summed E-state index contributed by atoms with van der Waals surface area (Å²) >= 11 is 0. The second kappa shape index (κ2) is 4.05. The standard InChI is InChI=1S/C7H10O7/c1-7(14,6(12)13)3(5(10)11)2-4(8)9/h3,14H,2H2,1H3,(H,8,9)(H,10,11)(H,12,13)/p-3/t3-,7-/m1/s1. The van der Waals surface area contributed by atoms with Crippen molar-refractivity contribution in [3.8, 4) is 0 Å². The predicted molar refractivity (Wildman–Crippen MR) is 33.8 cm³/mol. The monoisotopic (exact) mass is 203 g/mol. The Kier molecular flexibility index (Phi) is 3.58. The van der Waals surface area contributed by atoms with Gasteiger partial charge in [-0.3, -0.25) is 0 Å². The minimum Gasteiger partial charge on any atom is -0.550 e. The van der Waals surface area contributed by atoms with Gasteiger partial charge in [0.05, 0.1) is 5.97 Å². The van der Waals surface area contributed by atoms with Gasteiger partial charge in [0.15, 0.2) is 0 Å². The van der Waals surface area contributed by atoms with Crippen molar-refractivity contribution in [1.29, 1.82) is 0 Å². The van der Waals surface area contributed by atoms with Crippen LogP contribution in [0.4, 0.5) is 0 Å². The molecule has 0 aromatic rings. The number of carbonyl (C=O) groups excluding carboxylic acids is 3. The fourth-order valence-electron chi connectivity index (χ4n) is 0.820. The second-order valence-corrected chi connectivity index (χ2v) is 2.88. The van der Waals surface area contributed by atoms with Crippen LogP contribution < -0.4 is 15.3 Å². The van der Waals surface area contributed by atoms with Gasteiger partial charge < -0.3 is 34.8 Å². The van der Waals surface area contributed by atoms with Gasteiger partial charge in [0.1, 0.15) is 5.60 Å². The summed E-state index contributed by atoms with van der Waals surface area (Å²) in [5.41, 5.74) is -2.81. The van der Waals surface area contributed by atoms with Crippen LogP contribution in [0.5, 0.6) is 0 Å². The minimum absolute atomic E-state index is 0.617. The highest BCUT2D eigenvalue weighted by atomic mass is 16.4. The minimum atomic E-state index is -2.81. The van der Waals surface area contributed by atoms with E-state index >= 15 is 0 Å². The molecule has 0 aliphatic heterocycles. The van der Waals surface area contributed by atoms with Gasteiger partial charge in [0.25, 0.3) is 0 Å². The molecule has 0 spiro atoms. The van der Waals surface area contributed by atoms with Crippen molar-refractivity contribution < 1.29 is 34.8 Å². The number of aliphatic carboxylic acids is 3. The van der Waals surface area contributed by atoms with Crippen molar-refractivity contribution in [3.63, 3.8) is 0 Å². The molecule has 0 fully saturated rings. The lowest BCUT2D eigenvalue weighted by molar-refractivity contribution is -0.343. The molecule has 0 saturated carbocycles. The molecule has 0 bridgehead atoms. The molecule has 0 aromatic carbocycles. The van der Waals surface area contributed by atoms with E-state index in [2.05, 4.69) is 0 Å². The first-order valence-corrected chi connectivity index (χ1v) is 3.54. The Labute approximate surface area is 78.6 Å². The van der Waals surface area contributed by atoms with Crippen LogP contribution in [0.3, 0.4) is 0 Å². The summed E-state index contributed by atoms with van der Waals surface area (Å²) in [6.07, 6.45) is -1.16. The van der Waals surface area contributed by atoms with E-state index < -0.39 is 35.8 Å². The van der Waals surface area contributed by atoms with Crippen LogP contribution in [-0.2, 0) is 14.4 Å². The molecular formula is C7H7O7-3. The zero-order chi connectivity index (χ0) is 11.5. The summed E-state index contributed by atoms with van der Waals surface area (Å²) in [7, 11) is 0. The Morgan fingerprint density at radius 1 is 1.29 bits per heavy atom. The molecular weight excluding hydrogens is 196 g/mol. The van der Waals surface area contributed by atoms with E-state index in [0.29, 0.717) is 6.92 Å². The summed E-state index contributed by atoms with van der Waals surface area (Å²) in [5, 5.41) is 39.8. The number of rotatable bonds is 5. The highest BCUT2D eigenvalue weighted by Gasteiger charge is 2.34. The largest absolute Gasteiger partial charge is 0.550 e.